The molecule has 0 saturated carbocycles. The maximum absolute atomic E-state index is 10.6. The normalized spacial score (nSPS) is 14.0. The number of aliphatic imine (C=N–C) groups is 1. The van der Waals surface area contributed by atoms with Crippen LogP contribution in [0.15, 0.2) is 63.4 Å². The summed E-state index contributed by atoms with van der Waals surface area (Å²) in [7, 11) is 0. The summed E-state index contributed by atoms with van der Waals surface area (Å²) in [6, 6.07) is 15.6. The molecule has 1 unspecified atom stereocenters. The summed E-state index contributed by atoms with van der Waals surface area (Å²) in [6.45, 7) is 5.25. The maximum Gasteiger partial charge on any atom is 0.191 e. The summed E-state index contributed by atoms with van der Waals surface area (Å²) in [5.74, 6) is 1.35. The molecule has 0 fully saturated rings. The molecule has 0 aliphatic rings. The molecule has 1 atom stereocenters. The topological polar surface area (TPSA) is 82.7 Å². The minimum absolute atomic E-state index is 0.355. The van der Waals surface area contributed by atoms with Crippen molar-refractivity contribution in [3.63, 3.8) is 0 Å². The third-order valence-corrected chi connectivity index (χ3v) is 5.14. The van der Waals surface area contributed by atoms with E-state index in [0.29, 0.717) is 19.0 Å². The van der Waals surface area contributed by atoms with Crippen molar-refractivity contribution in [1.29, 1.82) is 0 Å². The third kappa shape index (κ3) is 5.18. The number of hydrogen-bond acceptors (Lipinski definition) is 5. The SMILES string of the molecule is CCNC(=NCc1cc(-c2ccccc2)on1)NCC(C)(O)c1cccs1. The first-order valence-corrected chi connectivity index (χ1v) is 9.76. The van der Waals surface area contributed by atoms with Crippen molar-refractivity contribution in [2.24, 2.45) is 4.99 Å². The Bertz CT molecular complexity index is 857. The Balaban J connectivity index is 1.63. The molecular weight excluding hydrogens is 360 g/mol. The zero-order valence-corrected chi connectivity index (χ0v) is 16.3. The van der Waals surface area contributed by atoms with E-state index in [1.54, 1.807) is 6.92 Å². The van der Waals surface area contributed by atoms with E-state index in [9.17, 15) is 5.11 Å². The van der Waals surface area contributed by atoms with Crippen LogP contribution in [-0.4, -0.2) is 29.3 Å². The van der Waals surface area contributed by atoms with Crippen LogP contribution in [0.25, 0.3) is 11.3 Å². The molecule has 0 aliphatic carbocycles. The van der Waals surface area contributed by atoms with Gasteiger partial charge in [-0.2, -0.15) is 0 Å². The van der Waals surface area contributed by atoms with Crippen LogP contribution in [-0.2, 0) is 12.1 Å². The zero-order valence-electron chi connectivity index (χ0n) is 15.5. The second-order valence-electron chi connectivity index (χ2n) is 6.35. The zero-order chi connectivity index (χ0) is 19.1. The molecule has 3 N–H and O–H groups in total. The molecule has 142 valence electrons. The fourth-order valence-corrected chi connectivity index (χ4v) is 3.34. The van der Waals surface area contributed by atoms with Gasteiger partial charge in [-0.05, 0) is 25.3 Å². The lowest BCUT2D eigenvalue weighted by Gasteiger charge is -2.23. The lowest BCUT2D eigenvalue weighted by molar-refractivity contribution is 0.0655. The Morgan fingerprint density at radius 2 is 2.04 bits per heavy atom. The number of aromatic nitrogens is 1. The van der Waals surface area contributed by atoms with Gasteiger partial charge < -0.3 is 20.3 Å². The molecule has 7 heteroatoms. The van der Waals surface area contributed by atoms with Crippen molar-refractivity contribution >= 4 is 17.3 Å². The highest BCUT2D eigenvalue weighted by Crippen LogP contribution is 2.24. The van der Waals surface area contributed by atoms with Gasteiger partial charge in [-0.1, -0.05) is 41.6 Å². The Labute approximate surface area is 162 Å². The summed E-state index contributed by atoms with van der Waals surface area (Å²) in [4.78, 5) is 5.45. The minimum Gasteiger partial charge on any atom is -0.383 e. The van der Waals surface area contributed by atoms with Crippen LogP contribution in [0.2, 0.25) is 0 Å². The Morgan fingerprint density at radius 3 is 2.74 bits per heavy atom. The van der Waals surface area contributed by atoms with Crippen LogP contribution in [0.5, 0.6) is 0 Å². The van der Waals surface area contributed by atoms with Crippen molar-refractivity contribution < 1.29 is 9.63 Å². The van der Waals surface area contributed by atoms with E-state index >= 15 is 0 Å². The Kier molecular flexibility index (Phi) is 6.26. The van der Waals surface area contributed by atoms with Crippen LogP contribution in [0.3, 0.4) is 0 Å². The average Bonchev–Trinajstić information content (AvgIpc) is 3.37. The van der Waals surface area contributed by atoms with Crippen LogP contribution in [0.1, 0.15) is 24.4 Å². The largest absolute Gasteiger partial charge is 0.383 e. The van der Waals surface area contributed by atoms with Gasteiger partial charge >= 0.3 is 0 Å². The van der Waals surface area contributed by atoms with Gasteiger partial charge in [0, 0.05) is 23.1 Å². The summed E-state index contributed by atoms with van der Waals surface area (Å²) < 4.78 is 5.41. The molecule has 2 aromatic heterocycles. The van der Waals surface area contributed by atoms with Crippen molar-refractivity contribution in [2.75, 3.05) is 13.1 Å². The molecule has 2 heterocycles. The second kappa shape index (κ2) is 8.83. The molecule has 27 heavy (non-hydrogen) atoms. The predicted molar refractivity (Wildman–Crippen MR) is 109 cm³/mol. The molecule has 0 bridgehead atoms. The smallest absolute Gasteiger partial charge is 0.191 e. The highest BCUT2D eigenvalue weighted by molar-refractivity contribution is 7.10. The molecule has 0 saturated heterocycles. The number of guanidine groups is 1. The highest BCUT2D eigenvalue weighted by atomic mass is 32.1. The number of benzene rings is 1. The molecule has 0 spiro atoms. The quantitative estimate of drug-likeness (QED) is 0.430. The van der Waals surface area contributed by atoms with Gasteiger partial charge in [0.1, 0.15) is 11.3 Å². The van der Waals surface area contributed by atoms with Crippen LogP contribution in [0, 0.1) is 0 Å². The van der Waals surface area contributed by atoms with Crippen molar-refractivity contribution in [3.8, 4) is 11.3 Å². The van der Waals surface area contributed by atoms with Gasteiger partial charge in [0.2, 0.25) is 0 Å². The van der Waals surface area contributed by atoms with Crippen molar-refractivity contribution in [2.45, 2.75) is 26.0 Å². The van der Waals surface area contributed by atoms with E-state index in [1.165, 1.54) is 11.3 Å². The van der Waals surface area contributed by atoms with Crippen molar-refractivity contribution in [1.82, 2.24) is 15.8 Å². The number of rotatable bonds is 7. The number of nitrogens with one attached hydrogen (secondary N) is 2. The van der Waals surface area contributed by atoms with E-state index < -0.39 is 5.60 Å². The maximum atomic E-state index is 10.6. The summed E-state index contributed by atoms with van der Waals surface area (Å²) in [5.41, 5.74) is 0.770. The van der Waals surface area contributed by atoms with Crippen LogP contribution in [0.4, 0.5) is 0 Å². The minimum atomic E-state index is -0.960. The van der Waals surface area contributed by atoms with Gasteiger partial charge in [0.15, 0.2) is 11.7 Å². The fraction of sp³-hybridized carbons (Fsp3) is 0.300. The molecule has 6 nitrogen and oxygen atoms in total. The molecule has 0 amide bonds. The first-order chi connectivity index (χ1) is 13.1. The van der Waals surface area contributed by atoms with Gasteiger partial charge in [0.05, 0.1) is 13.1 Å². The van der Waals surface area contributed by atoms with Gasteiger partial charge in [-0.3, -0.25) is 0 Å². The number of hydrogen-bond donors (Lipinski definition) is 3. The van der Waals surface area contributed by atoms with E-state index in [0.717, 1.165) is 28.4 Å². The number of thiophene rings is 1. The third-order valence-electron chi connectivity index (χ3n) is 4.01. The van der Waals surface area contributed by atoms with Crippen LogP contribution >= 0.6 is 11.3 Å². The molecular formula is C20H24N4O2S. The summed E-state index contributed by atoms with van der Waals surface area (Å²) >= 11 is 1.53. The van der Waals surface area contributed by atoms with Crippen LogP contribution < -0.4 is 10.6 Å². The molecule has 0 aliphatic heterocycles. The predicted octanol–water partition coefficient (Wildman–Crippen LogP) is 3.37. The first kappa shape index (κ1) is 19.1. The van der Waals surface area contributed by atoms with Gasteiger partial charge in [0.25, 0.3) is 0 Å². The Hall–Kier alpha value is -2.64. The average molecular weight is 385 g/mol. The monoisotopic (exact) mass is 384 g/mol. The van der Waals surface area contributed by atoms with Gasteiger partial charge in [-0.15, -0.1) is 11.3 Å². The summed E-state index contributed by atoms with van der Waals surface area (Å²) in [5, 5.41) is 23.1. The second-order valence-corrected chi connectivity index (χ2v) is 7.30. The number of nitrogens with zero attached hydrogens (tertiary/aromatic N) is 2. The fourth-order valence-electron chi connectivity index (χ4n) is 2.55. The van der Waals surface area contributed by atoms with E-state index in [2.05, 4.69) is 20.8 Å². The molecule has 0 radical (unpaired) electrons. The molecule has 1 aromatic carbocycles. The molecule has 3 rings (SSSR count). The molecule has 3 aromatic rings. The summed E-state index contributed by atoms with van der Waals surface area (Å²) in [6.07, 6.45) is 0. The van der Waals surface area contributed by atoms with E-state index in [-0.39, 0.29) is 0 Å². The number of aliphatic hydroxyl groups is 1. The van der Waals surface area contributed by atoms with Crippen molar-refractivity contribution in [3.05, 3.63) is 64.5 Å². The lowest BCUT2D eigenvalue weighted by Crippen LogP contribution is -2.44. The van der Waals surface area contributed by atoms with E-state index in [1.807, 2.05) is 60.8 Å². The first-order valence-electron chi connectivity index (χ1n) is 8.88. The standard InChI is InChI=1S/C20H24N4O2S/c1-3-21-19(23-14-20(2,25)18-10-7-11-27-18)22-13-16-12-17(26-24-16)15-8-5-4-6-9-15/h4-12,25H,3,13-14H2,1-2H3,(H2,21,22,23). The highest BCUT2D eigenvalue weighted by Gasteiger charge is 2.24. The van der Waals surface area contributed by atoms with Gasteiger partial charge in [-0.25, -0.2) is 4.99 Å². The van der Waals surface area contributed by atoms with E-state index in [4.69, 9.17) is 4.52 Å². The Morgan fingerprint density at radius 1 is 1.22 bits per heavy atom. The lowest BCUT2D eigenvalue weighted by atomic mass is 10.1.